The molecule has 0 aromatic rings. The van der Waals surface area contributed by atoms with Gasteiger partial charge in [-0.1, -0.05) is 54.5 Å². The van der Waals surface area contributed by atoms with Crippen LogP contribution in [0.2, 0.25) is 0 Å². The first-order valence-corrected chi connectivity index (χ1v) is 15.2. The monoisotopic (exact) mass is 574 g/mol. The molecule has 5 nitrogen and oxygen atoms in total. The van der Waals surface area contributed by atoms with E-state index in [0.29, 0.717) is 32.1 Å². The molecule has 0 heterocycles. The Bertz CT molecular complexity index is 1260. The van der Waals surface area contributed by atoms with Crippen LogP contribution < -0.4 is 5.32 Å². The van der Waals surface area contributed by atoms with Crippen molar-refractivity contribution in [2.24, 2.45) is 56.2 Å². The summed E-state index contributed by atoms with van der Waals surface area (Å²) in [4.78, 5) is 41.4. The first kappa shape index (κ1) is 30.3. The van der Waals surface area contributed by atoms with Crippen molar-refractivity contribution in [2.75, 3.05) is 6.54 Å². The number of halogens is 3. The average molecular weight is 575 g/mol. The van der Waals surface area contributed by atoms with Gasteiger partial charge in [0.25, 0.3) is 0 Å². The molecule has 1 amide bonds. The first-order valence-electron chi connectivity index (χ1n) is 15.2. The molecule has 0 aromatic heterocycles. The van der Waals surface area contributed by atoms with Crippen molar-refractivity contribution in [1.29, 1.82) is 5.26 Å². The van der Waals surface area contributed by atoms with Crippen LogP contribution in [0.3, 0.4) is 0 Å². The van der Waals surface area contributed by atoms with E-state index in [2.05, 4.69) is 46.0 Å². The Balaban J connectivity index is 1.59. The summed E-state index contributed by atoms with van der Waals surface area (Å²) in [5.74, 6) is -1.43. The molecule has 0 bridgehead atoms. The Hall–Kier alpha value is -2.17. The first-order chi connectivity index (χ1) is 18.7. The number of nitrogens with zero attached hydrogens (tertiary/aromatic N) is 1. The third kappa shape index (κ3) is 4.10. The number of fused-ring (bicyclic) bond motifs is 7. The Kier molecular flexibility index (Phi) is 6.59. The van der Waals surface area contributed by atoms with E-state index in [1.165, 1.54) is 0 Å². The molecule has 5 aliphatic carbocycles. The summed E-state index contributed by atoms with van der Waals surface area (Å²) in [6, 6.07) is 2.14. The summed E-state index contributed by atoms with van der Waals surface area (Å²) in [6.07, 6.45) is 2.16. The number of carbonyl (C=O) groups excluding carboxylic acids is 3. The fourth-order valence-corrected chi connectivity index (χ4v) is 11.1. The number of allylic oxidation sites excluding steroid dienone is 2. The molecule has 5 aliphatic rings. The van der Waals surface area contributed by atoms with E-state index in [0.717, 1.165) is 19.3 Å². The average Bonchev–Trinajstić information content (AvgIpc) is 2.85. The number of hydrogen-bond acceptors (Lipinski definition) is 4. The maximum absolute atomic E-state index is 14.5. The van der Waals surface area contributed by atoms with E-state index < -0.39 is 46.2 Å². The molecule has 1 N–H and O–H groups in total. The van der Waals surface area contributed by atoms with Gasteiger partial charge in [-0.3, -0.25) is 14.4 Å². The van der Waals surface area contributed by atoms with Crippen molar-refractivity contribution in [3.05, 3.63) is 11.6 Å². The van der Waals surface area contributed by atoms with Gasteiger partial charge in [0, 0.05) is 17.8 Å². The minimum absolute atomic E-state index is 0.00457. The zero-order valence-electron chi connectivity index (χ0n) is 25.6. The minimum atomic E-state index is -4.50. The number of alkyl halides is 3. The third-order valence-electron chi connectivity index (χ3n) is 13.4. The molecule has 0 unspecified atom stereocenters. The van der Waals surface area contributed by atoms with Crippen LogP contribution in [0.15, 0.2) is 11.6 Å². The van der Waals surface area contributed by atoms with Gasteiger partial charge in [0.15, 0.2) is 5.78 Å². The number of ketones is 2. The van der Waals surface area contributed by atoms with Gasteiger partial charge in [0.2, 0.25) is 5.91 Å². The molecule has 4 fully saturated rings. The van der Waals surface area contributed by atoms with E-state index in [-0.39, 0.29) is 45.7 Å². The van der Waals surface area contributed by atoms with Crippen LogP contribution in [0.5, 0.6) is 0 Å². The summed E-state index contributed by atoms with van der Waals surface area (Å²) in [7, 11) is 0. The Morgan fingerprint density at radius 3 is 2.22 bits per heavy atom. The molecule has 0 spiro atoms. The van der Waals surface area contributed by atoms with Crippen molar-refractivity contribution in [3.63, 3.8) is 0 Å². The van der Waals surface area contributed by atoms with E-state index >= 15 is 0 Å². The summed E-state index contributed by atoms with van der Waals surface area (Å²) in [6.45, 7) is 13.4. The highest BCUT2D eigenvalue weighted by Crippen LogP contribution is 2.75. The Morgan fingerprint density at radius 2 is 1.61 bits per heavy atom. The molecular weight excluding hydrogens is 529 g/mol. The quantitative estimate of drug-likeness (QED) is 0.386. The molecule has 0 aromatic carbocycles. The summed E-state index contributed by atoms with van der Waals surface area (Å²) in [5, 5.41) is 12.1. The van der Waals surface area contributed by atoms with Crippen LogP contribution in [-0.2, 0) is 14.4 Å². The zero-order valence-corrected chi connectivity index (χ0v) is 25.6. The van der Waals surface area contributed by atoms with Crippen molar-refractivity contribution in [3.8, 4) is 6.07 Å². The van der Waals surface area contributed by atoms with Crippen molar-refractivity contribution in [2.45, 2.75) is 106 Å². The number of nitriles is 1. The predicted octanol–water partition coefficient (Wildman–Crippen LogP) is 6.96. The van der Waals surface area contributed by atoms with Crippen molar-refractivity contribution >= 4 is 17.5 Å². The maximum atomic E-state index is 14.5. The molecule has 5 rings (SSSR count). The van der Waals surface area contributed by atoms with E-state index in [4.69, 9.17) is 0 Å². The summed E-state index contributed by atoms with van der Waals surface area (Å²) < 4.78 is 39.4. The Morgan fingerprint density at radius 1 is 0.976 bits per heavy atom. The van der Waals surface area contributed by atoms with Gasteiger partial charge in [-0.15, -0.1) is 0 Å². The number of Topliss-reactive ketones (excluding diaryl/α,β-unsaturated/α-hetero) is 2. The minimum Gasteiger partial charge on any atom is -0.346 e. The highest BCUT2D eigenvalue weighted by atomic mass is 19.4. The van der Waals surface area contributed by atoms with Crippen molar-refractivity contribution < 1.29 is 27.6 Å². The Labute approximate surface area is 242 Å². The number of nitrogens with one attached hydrogen (secondary N) is 1. The second-order valence-electron chi connectivity index (χ2n) is 16.1. The molecule has 0 aliphatic heterocycles. The van der Waals surface area contributed by atoms with Crippen LogP contribution in [-0.4, -0.2) is 30.2 Å². The highest BCUT2D eigenvalue weighted by Gasteiger charge is 2.73. The van der Waals surface area contributed by atoms with Crippen LogP contribution >= 0.6 is 0 Å². The largest absolute Gasteiger partial charge is 0.405 e. The molecule has 4 saturated carbocycles. The highest BCUT2D eigenvalue weighted by molar-refractivity contribution is 6.04. The normalized spacial score (nSPS) is 44.8. The summed E-state index contributed by atoms with van der Waals surface area (Å²) in [5.41, 5.74) is -2.95. The van der Waals surface area contributed by atoms with E-state index in [1.54, 1.807) is 0 Å². The molecule has 41 heavy (non-hydrogen) atoms. The molecule has 226 valence electrons. The lowest BCUT2D eigenvalue weighted by atomic mass is 9.31. The van der Waals surface area contributed by atoms with Crippen LogP contribution in [0.4, 0.5) is 13.2 Å². The lowest BCUT2D eigenvalue weighted by Gasteiger charge is -2.71. The van der Waals surface area contributed by atoms with Gasteiger partial charge in [-0.05, 0) is 84.4 Å². The van der Waals surface area contributed by atoms with E-state index in [1.807, 2.05) is 19.9 Å². The molecular formula is C33H45F3N2O3. The van der Waals surface area contributed by atoms with Crippen LogP contribution in [0.25, 0.3) is 0 Å². The van der Waals surface area contributed by atoms with E-state index in [9.17, 15) is 32.8 Å². The van der Waals surface area contributed by atoms with Gasteiger partial charge < -0.3 is 5.32 Å². The number of carbonyl (C=O) groups is 3. The molecule has 0 saturated heterocycles. The second-order valence-corrected chi connectivity index (χ2v) is 16.1. The fourth-order valence-electron chi connectivity index (χ4n) is 11.1. The van der Waals surface area contributed by atoms with Gasteiger partial charge >= 0.3 is 6.18 Å². The maximum Gasteiger partial charge on any atom is 0.405 e. The fraction of sp³-hybridized carbons (Fsp3) is 0.818. The van der Waals surface area contributed by atoms with Crippen LogP contribution in [0.1, 0.15) is 99.8 Å². The zero-order chi connectivity index (χ0) is 30.6. The van der Waals surface area contributed by atoms with Crippen molar-refractivity contribution in [1.82, 2.24) is 5.32 Å². The number of amides is 1. The summed E-state index contributed by atoms with van der Waals surface area (Å²) >= 11 is 0. The lowest BCUT2D eigenvalue weighted by Crippen LogP contribution is -2.69. The smallest absolute Gasteiger partial charge is 0.346 e. The van der Waals surface area contributed by atoms with Gasteiger partial charge in [0.05, 0.1) is 11.0 Å². The molecule has 8 atom stereocenters. The number of hydrogen-bond donors (Lipinski definition) is 1. The third-order valence-corrected chi connectivity index (χ3v) is 13.4. The SMILES string of the molecule is CC1(C)CC[C@]2(C(=O)NCC(F)(F)F)CC[C@]3(C)[C@H](C(=O)C[C@@H]4[C@@]5(C)C=C(C#N)C(=O)C(C)(C)[C@@H]5CC[C@]43C)[C@H]2C1. The topological polar surface area (TPSA) is 87.0 Å². The van der Waals surface area contributed by atoms with Crippen LogP contribution in [0, 0.1) is 67.5 Å². The van der Waals surface area contributed by atoms with Gasteiger partial charge in [-0.2, -0.15) is 18.4 Å². The van der Waals surface area contributed by atoms with Gasteiger partial charge in [-0.25, -0.2) is 0 Å². The molecule has 0 radical (unpaired) electrons. The number of rotatable bonds is 2. The van der Waals surface area contributed by atoms with Gasteiger partial charge in [0.1, 0.15) is 18.4 Å². The second kappa shape index (κ2) is 8.92. The lowest BCUT2D eigenvalue weighted by molar-refractivity contribution is -0.222. The standard InChI is InChI=1S/C33H45F3N2O3/c1-27(2)10-12-32(26(41)38-18-33(34,35)36)13-11-31(7)24(20(32)16-27)21(39)14-23-29(5)15-19(17-37)25(40)28(3,4)22(29)8-9-30(23,31)6/h15,20,22-24H,8-14,16,18H2,1-7H3,(H,38,41)/t20-,22+,23-,24+,29+,30-,31-,32+/m1/s1. The molecule has 8 heteroatoms. The predicted molar refractivity (Wildman–Crippen MR) is 148 cm³/mol.